The van der Waals surface area contributed by atoms with Crippen LogP contribution in [0.3, 0.4) is 0 Å². The van der Waals surface area contributed by atoms with E-state index in [2.05, 4.69) is 19.2 Å². The van der Waals surface area contributed by atoms with Crippen molar-refractivity contribution in [2.24, 2.45) is 11.8 Å². The Kier molecular flexibility index (Phi) is 5.32. The van der Waals surface area contributed by atoms with Crippen molar-refractivity contribution in [2.75, 3.05) is 6.54 Å². The van der Waals surface area contributed by atoms with E-state index >= 15 is 0 Å². The quantitative estimate of drug-likeness (QED) is 0.854. The van der Waals surface area contributed by atoms with E-state index in [-0.39, 0.29) is 23.6 Å². The molecule has 1 unspecified atom stereocenters. The molecule has 1 N–H and O–H groups in total. The summed E-state index contributed by atoms with van der Waals surface area (Å²) in [5, 5.41) is 2.94. The predicted octanol–water partition coefficient (Wildman–Crippen LogP) is 3.34. The molecule has 0 spiro atoms. The fourth-order valence-electron chi connectivity index (χ4n) is 1.92. The molecule has 1 aromatic carbocycles. The van der Waals surface area contributed by atoms with E-state index < -0.39 is 0 Å². The number of benzene rings is 1. The van der Waals surface area contributed by atoms with Crippen LogP contribution in [0.2, 0.25) is 0 Å². The molecular weight excluding hydrogens is 229 g/mol. The monoisotopic (exact) mass is 251 g/mol. The minimum Gasteiger partial charge on any atom is -0.355 e. The van der Waals surface area contributed by atoms with Crippen molar-refractivity contribution in [3.05, 3.63) is 35.6 Å². The van der Waals surface area contributed by atoms with Gasteiger partial charge in [0.1, 0.15) is 5.82 Å². The third-order valence-electron chi connectivity index (χ3n) is 2.86. The predicted molar refractivity (Wildman–Crippen MR) is 71.8 cm³/mol. The van der Waals surface area contributed by atoms with Crippen molar-refractivity contribution in [3.63, 3.8) is 0 Å². The highest BCUT2D eigenvalue weighted by Crippen LogP contribution is 2.24. The first-order valence-corrected chi connectivity index (χ1v) is 6.45. The van der Waals surface area contributed by atoms with Crippen molar-refractivity contribution in [2.45, 2.75) is 33.6 Å². The highest BCUT2D eigenvalue weighted by atomic mass is 19.1. The van der Waals surface area contributed by atoms with E-state index in [9.17, 15) is 9.18 Å². The van der Waals surface area contributed by atoms with Gasteiger partial charge in [0.2, 0.25) is 5.91 Å². The fraction of sp³-hybridized carbons (Fsp3) is 0.533. The molecular formula is C15H22FNO. The van der Waals surface area contributed by atoms with Gasteiger partial charge in [-0.2, -0.15) is 0 Å². The highest BCUT2D eigenvalue weighted by Gasteiger charge is 2.23. The number of carbonyl (C=O) groups excluding carboxylic acids is 1. The van der Waals surface area contributed by atoms with Gasteiger partial charge >= 0.3 is 0 Å². The summed E-state index contributed by atoms with van der Waals surface area (Å²) in [6.07, 6.45) is 0. The van der Waals surface area contributed by atoms with Crippen molar-refractivity contribution < 1.29 is 9.18 Å². The fourth-order valence-corrected chi connectivity index (χ4v) is 1.92. The Labute approximate surface area is 109 Å². The Balaban J connectivity index is 2.82. The number of halogens is 1. The molecule has 0 saturated heterocycles. The van der Waals surface area contributed by atoms with E-state index in [0.717, 1.165) is 5.56 Å². The van der Waals surface area contributed by atoms with Crippen LogP contribution in [0.5, 0.6) is 0 Å². The number of amides is 1. The van der Waals surface area contributed by atoms with Crippen LogP contribution in [0.25, 0.3) is 0 Å². The second-order valence-corrected chi connectivity index (χ2v) is 5.41. The van der Waals surface area contributed by atoms with Crippen LogP contribution in [-0.4, -0.2) is 12.5 Å². The van der Waals surface area contributed by atoms with E-state index in [1.54, 1.807) is 12.1 Å². The molecule has 100 valence electrons. The van der Waals surface area contributed by atoms with Gasteiger partial charge in [0.25, 0.3) is 0 Å². The molecule has 1 amide bonds. The molecule has 0 saturated carbocycles. The number of nitrogens with one attached hydrogen (secondary N) is 1. The molecule has 0 aliphatic heterocycles. The zero-order chi connectivity index (χ0) is 13.7. The van der Waals surface area contributed by atoms with E-state index in [4.69, 9.17) is 0 Å². The maximum atomic E-state index is 12.9. The van der Waals surface area contributed by atoms with Crippen molar-refractivity contribution >= 4 is 5.91 Å². The van der Waals surface area contributed by atoms with Crippen LogP contribution < -0.4 is 5.32 Å². The lowest BCUT2D eigenvalue weighted by Crippen LogP contribution is -2.34. The average molecular weight is 251 g/mol. The van der Waals surface area contributed by atoms with Crippen LogP contribution in [0, 0.1) is 17.7 Å². The smallest absolute Gasteiger partial charge is 0.227 e. The Morgan fingerprint density at radius 2 is 1.72 bits per heavy atom. The van der Waals surface area contributed by atoms with Gasteiger partial charge in [-0.3, -0.25) is 4.79 Å². The summed E-state index contributed by atoms with van der Waals surface area (Å²) >= 11 is 0. The van der Waals surface area contributed by atoms with Gasteiger partial charge in [-0.1, -0.05) is 39.8 Å². The van der Waals surface area contributed by atoms with Crippen LogP contribution in [0.1, 0.15) is 39.2 Å². The van der Waals surface area contributed by atoms with E-state index in [1.807, 2.05) is 13.8 Å². The normalized spacial score (nSPS) is 12.8. The summed E-state index contributed by atoms with van der Waals surface area (Å²) in [5.41, 5.74) is 0.868. The number of hydrogen-bond acceptors (Lipinski definition) is 1. The van der Waals surface area contributed by atoms with Crippen molar-refractivity contribution in [1.82, 2.24) is 5.32 Å². The summed E-state index contributed by atoms with van der Waals surface area (Å²) in [7, 11) is 0. The summed E-state index contributed by atoms with van der Waals surface area (Å²) in [4.78, 5) is 12.2. The maximum absolute atomic E-state index is 12.9. The van der Waals surface area contributed by atoms with Gasteiger partial charge in [0.15, 0.2) is 0 Å². The molecule has 3 heteroatoms. The first-order chi connectivity index (χ1) is 8.41. The number of carbonyl (C=O) groups is 1. The Hall–Kier alpha value is -1.38. The Morgan fingerprint density at radius 1 is 1.17 bits per heavy atom. The first kappa shape index (κ1) is 14.7. The molecule has 18 heavy (non-hydrogen) atoms. The molecule has 0 fully saturated rings. The molecule has 1 rings (SSSR count). The van der Waals surface area contributed by atoms with Crippen molar-refractivity contribution in [3.8, 4) is 0 Å². The molecule has 2 nitrogen and oxygen atoms in total. The third kappa shape index (κ3) is 4.13. The topological polar surface area (TPSA) is 29.1 Å². The lowest BCUT2D eigenvalue weighted by atomic mass is 9.87. The van der Waals surface area contributed by atoms with E-state index in [1.165, 1.54) is 12.1 Å². The Bertz CT molecular complexity index is 384. The molecule has 0 radical (unpaired) electrons. The summed E-state index contributed by atoms with van der Waals surface area (Å²) < 4.78 is 12.9. The SMILES string of the molecule is CC(C)CNC(=O)C(c1ccc(F)cc1)C(C)C. The molecule has 1 atom stereocenters. The minimum absolute atomic E-state index is 0.0188. The van der Waals surface area contributed by atoms with E-state index in [0.29, 0.717) is 12.5 Å². The third-order valence-corrected chi connectivity index (χ3v) is 2.86. The highest BCUT2D eigenvalue weighted by molar-refractivity contribution is 5.83. The van der Waals surface area contributed by atoms with Gasteiger partial charge in [-0.15, -0.1) is 0 Å². The van der Waals surface area contributed by atoms with Crippen LogP contribution in [0.15, 0.2) is 24.3 Å². The van der Waals surface area contributed by atoms with Crippen LogP contribution >= 0.6 is 0 Å². The molecule has 0 aromatic heterocycles. The molecule has 0 bridgehead atoms. The molecule has 0 aliphatic carbocycles. The summed E-state index contributed by atoms with van der Waals surface area (Å²) in [6, 6.07) is 6.19. The van der Waals surface area contributed by atoms with Gasteiger partial charge in [-0.05, 0) is 29.5 Å². The first-order valence-electron chi connectivity index (χ1n) is 6.45. The summed E-state index contributed by atoms with van der Waals surface area (Å²) in [6.45, 7) is 8.79. The second-order valence-electron chi connectivity index (χ2n) is 5.41. The second kappa shape index (κ2) is 6.53. The summed E-state index contributed by atoms with van der Waals surface area (Å²) in [5.74, 6) is 0.135. The largest absolute Gasteiger partial charge is 0.355 e. The molecule has 1 aromatic rings. The zero-order valence-corrected chi connectivity index (χ0v) is 11.5. The minimum atomic E-state index is -0.274. The maximum Gasteiger partial charge on any atom is 0.227 e. The lowest BCUT2D eigenvalue weighted by Gasteiger charge is -2.21. The zero-order valence-electron chi connectivity index (χ0n) is 11.5. The van der Waals surface area contributed by atoms with Crippen LogP contribution in [-0.2, 0) is 4.79 Å². The van der Waals surface area contributed by atoms with Crippen molar-refractivity contribution in [1.29, 1.82) is 0 Å². The van der Waals surface area contributed by atoms with Gasteiger partial charge in [-0.25, -0.2) is 4.39 Å². The van der Waals surface area contributed by atoms with Gasteiger partial charge in [0, 0.05) is 6.54 Å². The van der Waals surface area contributed by atoms with Gasteiger partial charge < -0.3 is 5.32 Å². The molecule has 0 aliphatic rings. The number of rotatable bonds is 5. The standard InChI is InChI=1S/C15H22FNO/c1-10(2)9-17-15(18)14(11(3)4)12-5-7-13(16)8-6-12/h5-8,10-11,14H,9H2,1-4H3,(H,17,18). The van der Waals surface area contributed by atoms with Crippen LogP contribution in [0.4, 0.5) is 4.39 Å². The lowest BCUT2D eigenvalue weighted by molar-refractivity contribution is -0.123. The Morgan fingerprint density at radius 3 is 2.17 bits per heavy atom. The molecule has 0 heterocycles. The van der Waals surface area contributed by atoms with Gasteiger partial charge in [0.05, 0.1) is 5.92 Å². The number of hydrogen-bond donors (Lipinski definition) is 1. The average Bonchev–Trinajstić information content (AvgIpc) is 2.29.